The minimum absolute atomic E-state index is 0.218. The lowest BCUT2D eigenvalue weighted by atomic mass is 10.1. The highest BCUT2D eigenvalue weighted by molar-refractivity contribution is 6.08. The van der Waals surface area contributed by atoms with E-state index in [-0.39, 0.29) is 5.91 Å². The van der Waals surface area contributed by atoms with E-state index in [4.69, 9.17) is 5.73 Å². The number of nitrogens with one attached hydrogen (secondary N) is 2. The minimum Gasteiger partial charge on any atom is -0.398 e. The Hall–Kier alpha value is -2.30. The number of anilines is 2. The third kappa shape index (κ3) is 2.20. The molecule has 0 unspecified atom stereocenters. The Morgan fingerprint density at radius 2 is 2.28 bits per heavy atom. The summed E-state index contributed by atoms with van der Waals surface area (Å²) in [7, 11) is 0. The maximum absolute atomic E-state index is 12.2. The number of hydrogen-bond donors (Lipinski definition) is 3. The molecule has 2 rings (SSSR count). The van der Waals surface area contributed by atoms with Crippen LogP contribution in [0.25, 0.3) is 0 Å². The van der Waals surface area contributed by atoms with Crippen molar-refractivity contribution in [2.45, 2.75) is 20.3 Å². The highest BCUT2D eigenvalue weighted by Gasteiger charge is 2.14. The van der Waals surface area contributed by atoms with Crippen molar-refractivity contribution in [3.05, 3.63) is 41.1 Å². The van der Waals surface area contributed by atoms with Gasteiger partial charge >= 0.3 is 0 Å². The zero-order chi connectivity index (χ0) is 13.1. The van der Waals surface area contributed by atoms with Gasteiger partial charge in [-0.25, -0.2) is 0 Å². The second-order valence-corrected chi connectivity index (χ2v) is 4.12. The molecule has 5 heteroatoms. The second-order valence-electron chi connectivity index (χ2n) is 4.12. The molecule has 18 heavy (non-hydrogen) atoms. The lowest BCUT2D eigenvalue weighted by Crippen LogP contribution is -2.16. The number of benzene rings is 1. The number of carbonyl (C=O) groups excluding carboxylic acids is 1. The summed E-state index contributed by atoms with van der Waals surface area (Å²) in [4.78, 5) is 12.2. The van der Waals surface area contributed by atoms with Crippen molar-refractivity contribution in [2.75, 3.05) is 11.1 Å². The van der Waals surface area contributed by atoms with E-state index in [0.717, 1.165) is 17.5 Å². The number of aromatic amines is 1. The van der Waals surface area contributed by atoms with E-state index in [0.29, 0.717) is 17.1 Å². The molecule has 0 aliphatic rings. The molecule has 0 atom stereocenters. The van der Waals surface area contributed by atoms with E-state index in [1.165, 1.54) is 0 Å². The molecule has 5 nitrogen and oxygen atoms in total. The number of aryl methyl sites for hydroxylation is 2. The fourth-order valence-electron chi connectivity index (χ4n) is 1.86. The van der Waals surface area contributed by atoms with Gasteiger partial charge in [0.2, 0.25) is 0 Å². The largest absolute Gasteiger partial charge is 0.398 e. The fraction of sp³-hybridized carbons (Fsp3) is 0.231. The Bertz CT molecular complexity index is 554. The molecule has 0 aliphatic carbocycles. The molecule has 4 N–H and O–H groups in total. The number of amides is 1. The van der Waals surface area contributed by atoms with Crippen LogP contribution >= 0.6 is 0 Å². The molecule has 0 fully saturated rings. The standard InChI is InChI=1S/C13H16N4O/c1-3-9-7-15-17-12(9)16-13(18)11-8(2)5-4-6-10(11)14/h4-7H,3,14H2,1-2H3,(H2,15,16,17,18). The number of carbonyl (C=O) groups is 1. The molecular formula is C13H16N4O. The van der Waals surface area contributed by atoms with Gasteiger partial charge in [-0.05, 0) is 25.0 Å². The van der Waals surface area contributed by atoms with Gasteiger partial charge in [0.25, 0.3) is 5.91 Å². The smallest absolute Gasteiger partial charge is 0.259 e. The molecule has 0 radical (unpaired) electrons. The molecule has 0 bridgehead atoms. The van der Waals surface area contributed by atoms with E-state index < -0.39 is 0 Å². The van der Waals surface area contributed by atoms with Gasteiger partial charge in [-0.15, -0.1) is 0 Å². The van der Waals surface area contributed by atoms with Gasteiger partial charge in [0, 0.05) is 11.3 Å². The summed E-state index contributed by atoms with van der Waals surface area (Å²) < 4.78 is 0. The lowest BCUT2D eigenvalue weighted by Gasteiger charge is -2.09. The van der Waals surface area contributed by atoms with Crippen molar-refractivity contribution in [1.29, 1.82) is 0 Å². The first-order valence-corrected chi connectivity index (χ1v) is 5.82. The monoisotopic (exact) mass is 244 g/mol. The molecule has 0 saturated carbocycles. The predicted molar refractivity (Wildman–Crippen MR) is 71.5 cm³/mol. The molecule has 0 saturated heterocycles. The van der Waals surface area contributed by atoms with Crippen LogP contribution in [-0.2, 0) is 6.42 Å². The lowest BCUT2D eigenvalue weighted by molar-refractivity contribution is 0.102. The third-order valence-corrected chi connectivity index (χ3v) is 2.87. The van der Waals surface area contributed by atoms with Crippen LogP contribution < -0.4 is 11.1 Å². The fourth-order valence-corrected chi connectivity index (χ4v) is 1.86. The Labute approximate surface area is 105 Å². The van der Waals surface area contributed by atoms with Crippen molar-refractivity contribution < 1.29 is 4.79 Å². The summed E-state index contributed by atoms with van der Waals surface area (Å²) in [6.45, 7) is 3.86. The van der Waals surface area contributed by atoms with E-state index in [2.05, 4.69) is 15.5 Å². The van der Waals surface area contributed by atoms with Crippen molar-refractivity contribution in [2.24, 2.45) is 0 Å². The van der Waals surface area contributed by atoms with Gasteiger partial charge in [0.05, 0.1) is 11.8 Å². The van der Waals surface area contributed by atoms with Crippen LogP contribution in [0.15, 0.2) is 24.4 Å². The first-order chi connectivity index (χ1) is 8.63. The van der Waals surface area contributed by atoms with Gasteiger partial charge in [-0.2, -0.15) is 5.10 Å². The van der Waals surface area contributed by atoms with Gasteiger partial charge in [0.15, 0.2) is 0 Å². The number of nitrogen functional groups attached to an aromatic ring is 1. The molecular weight excluding hydrogens is 228 g/mol. The Kier molecular flexibility index (Phi) is 3.32. The normalized spacial score (nSPS) is 10.3. The van der Waals surface area contributed by atoms with Crippen LogP contribution in [-0.4, -0.2) is 16.1 Å². The molecule has 1 amide bonds. The van der Waals surface area contributed by atoms with Crippen LogP contribution in [0.3, 0.4) is 0 Å². The molecule has 1 heterocycles. The summed E-state index contributed by atoms with van der Waals surface area (Å²) in [6, 6.07) is 5.41. The van der Waals surface area contributed by atoms with Crippen molar-refractivity contribution in [3.8, 4) is 0 Å². The first kappa shape index (κ1) is 12.2. The van der Waals surface area contributed by atoms with Crippen LogP contribution in [0.1, 0.15) is 28.4 Å². The Morgan fingerprint density at radius 3 is 2.94 bits per heavy atom. The maximum atomic E-state index is 12.2. The minimum atomic E-state index is -0.218. The molecule has 1 aromatic carbocycles. The molecule has 2 aromatic rings. The quantitative estimate of drug-likeness (QED) is 0.723. The number of H-pyrrole nitrogens is 1. The van der Waals surface area contributed by atoms with Crippen LogP contribution in [0.4, 0.5) is 11.5 Å². The van der Waals surface area contributed by atoms with E-state index in [9.17, 15) is 4.79 Å². The average Bonchev–Trinajstić information content (AvgIpc) is 2.76. The van der Waals surface area contributed by atoms with Crippen LogP contribution in [0.5, 0.6) is 0 Å². The maximum Gasteiger partial charge on any atom is 0.259 e. The van der Waals surface area contributed by atoms with Gasteiger partial charge < -0.3 is 11.1 Å². The first-order valence-electron chi connectivity index (χ1n) is 5.82. The van der Waals surface area contributed by atoms with Crippen molar-refractivity contribution >= 4 is 17.4 Å². The van der Waals surface area contributed by atoms with Crippen molar-refractivity contribution in [1.82, 2.24) is 10.2 Å². The SMILES string of the molecule is CCc1cn[nH]c1NC(=O)c1c(C)cccc1N. The highest BCUT2D eigenvalue weighted by Crippen LogP contribution is 2.19. The van der Waals surface area contributed by atoms with Gasteiger partial charge in [0.1, 0.15) is 5.82 Å². The highest BCUT2D eigenvalue weighted by atomic mass is 16.1. The number of hydrogen-bond acceptors (Lipinski definition) is 3. The van der Waals surface area contributed by atoms with Gasteiger partial charge in [-0.1, -0.05) is 19.1 Å². The molecule has 0 aliphatic heterocycles. The molecule has 94 valence electrons. The van der Waals surface area contributed by atoms with E-state index in [1.807, 2.05) is 26.0 Å². The number of rotatable bonds is 3. The predicted octanol–water partition coefficient (Wildman–Crippen LogP) is 2.12. The average molecular weight is 244 g/mol. The summed E-state index contributed by atoms with van der Waals surface area (Å²) >= 11 is 0. The zero-order valence-electron chi connectivity index (χ0n) is 10.4. The second kappa shape index (κ2) is 4.91. The topological polar surface area (TPSA) is 83.8 Å². The summed E-state index contributed by atoms with van der Waals surface area (Å²) in [6.07, 6.45) is 2.51. The molecule has 1 aromatic heterocycles. The van der Waals surface area contributed by atoms with Crippen molar-refractivity contribution in [3.63, 3.8) is 0 Å². The summed E-state index contributed by atoms with van der Waals surface area (Å²) in [5.41, 5.74) is 8.64. The van der Waals surface area contributed by atoms with E-state index >= 15 is 0 Å². The number of nitrogens with zero attached hydrogens (tertiary/aromatic N) is 1. The summed E-state index contributed by atoms with van der Waals surface area (Å²) in [5.74, 6) is 0.412. The van der Waals surface area contributed by atoms with Crippen LogP contribution in [0, 0.1) is 6.92 Å². The number of aromatic nitrogens is 2. The van der Waals surface area contributed by atoms with Gasteiger partial charge in [-0.3, -0.25) is 9.89 Å². The van der Waals surface area contributed by atoms with E-state index in [1.54, 1.807) is 12.3 Å². The van der Waals surface area contributed by atoms with Crippen LogP contribution in [0.2, 0.25) is 0 Å². The molecule has 0 spiro atoms. The third-order valence-electron chi connectivity index (χ3n) is 2.87. The summed E-state index contributed by atoms with van der Waals surface area (Å²) in [5, 5.41) is 9.49. The Morgan fingerprint density at radius 1 is 1.50 bits per heavy atom. The Balaban J connectivity index is 2.28. The zero-order valence-corrected chi connectivity index (χ0v) is 10.4. The number of nitrogens with two attached hydrogens (primary N) is 1.